The van der Waals surface area contributed by atoms with Crippen LogP contribution < -0.4 is 0 Å². The molecule has 2 aliphatic heterocycles. The Bertz CT molecular complexity index is 1320. The first-order valence-corrected chi connectivity index (χ1v) is 13.9. The molecule has 2 aliphatic rings. The highest BCUT2D eigenvalue weighted by atomic mass is 32.2. The molecule has 0 saturated carbocycles. The standard InChI is InChI=1S/C26H33N5O3S/c1-18-4-9-25-24(15-18)27-28-31(25)22-10-12-30(13-11-22)35(33,34)23-7-5-21(6-8-23)26(32)29-16-19(2)14-20(3)17-29/h4-9,15,19-20,22H,10-14,16-17H2,1-3H3/t19-,20-/m1/s1. The fourth-order valence-electron chi connectivity index (χ4n) is 5.58. The van der Waals surface area contributed by atoms with E-state index < -0.39 is 10.0 Å². The third-order valence-corrected chi connectivity index (χ3v) is 9.20. The van der Waals surface area contributed by atoms with Crippen molar-refractivity contribution in [1.29, 1.82) is 0 Å². The number of hydrogen-bond donors (Lipinski definition) is 0. The monoisotopic (exact) mass is 495 g/mol. The van der Waals surface area contributed by atoms with Crippen LogP contribution >= 0.6 is 0 Å². The zero-order chi connectivity index (χ0) is 24.7. The molecule has 3 aromatic rings. The fourth-order valence-corrected chi connectivity index (χ4v) is 7.05. The van der Waals surface area contributed by atoms with Crippen molar-refractivity contribution < 1.29 is 13.2 Å². The first-order valence-electron chi connectivity index (χ1n) is 12.4. The van der Waals surface area contributed by atoms with Gasteiger partial charge < -0.3 is 4.90 Å². The van der Waals surface area contributed by atoms with Crippen molar-refractivity contribution in [3.05, 3.63) is 53.6 Å². The van der Waals surface area contributed by atoms with Gasteiger partial charge in [-0.25, -0.2) is 13.1 Å². The molecule has 0 aliphatic carbocycles. The van der Waals surface area contributed by atoms with Crippen molar-refractivity contribution in [3.8, 4) is 0 Å². The second-order valence-electron chi connectivity index (χ2n) is 10.3. The number of nitrogens with zero attached hydrogens (tertiary/aromatic N) is 5. The Balaban J connectivity index is 1.26. The Hall–Kier alpha value is -2.78. The van der Waals surface area contributed by atoms with Crippen molar-refractivity contribution in [2.45, 2.75) is 51.0 Å². The van der Waals surface area contributed by atoms with Crippen molar-refractivity contribution in [1.82, 2.24) is 24.2 Å². The minimum Gasteiger partial charge on any atom is -0.338 e. The smallest absolute Gasteiger partial charge is 0.253 e. The van der Waals surface area contributed by atoms with Gasteiger partial charge in [-0.1, -0.05) is 25.1 Å². The minimum absolute atomic E-state index is 0.0246. The molecule has 3 heterocycles. The average Bonchev–Trinajstić information content (AvgIpc) is 3.26. The summed E-state index contributed by atoms with van der Waals surface area (Å²) in [6.07, 6.45) is 2.48. The summed E-state index contributed by atoms with van der Waals surface area (Å²) >= 11 is 0. The Morgan fingerprint density at radius 1 is 0.971 bits per heavy atom. The lowest BCUT2D eigenvalue weighted by Crippen LogP contribution is -2.42. The number of rotatable bonds is 4. The van der Waals surface area contributed by atoms with Crippen molar-refractivity contribution >= 4 is 27.0 Å². The molecule has 2 aromatic carbocycles. The summed E-state index contributed by atoms with van der Waals surface area (Å²) in [7, 11) is -3.62. The molecule has 1 amide bonds. The van der Waals surface area contributed by atoms with Gasteiger partial charge in [0.15, 0.2) is 0 Å². The molecule has 0 spiro atoms. The molecular weight excluding hydrogens is 462 g/mol. The number of likely N-dealkylation sites (tertiary alicyclic amines) is 1. The molecule has 186 valence electrons. The number of piperidine rings is 2. The van der Waals surface area contributed by atoms with E-state index >= 15 is 0 Å². The zero-order valence-corrected chi connectivity index (χ0v) is 21.4. The number of carbonyl (C=O) groups is 1. The Labute approximate surface area is 207 Å². The quantitative estimate of drug-likeness (QED) is 0.548. The molecule has 35 heavy (non-hydrogen) atoms. The average molecular weight is 496 g/mol. The Morgan fingerprint density at radius 2 is 1.63 bits per heavy atom. The second kappa shape index (κ2) is 9.35. The van der Waals surface area contributed by atoms with Gasteiger partial charge >= 0.3 is 0 Å². The van der Waals surface area contributed by atoms with Crippen LogP contribution in [0.4, 0.5) is 0 Å². The number of hydrogen-bond acceptors (Lipinski definition) is 5. The molecule has 0 N–H and O–H groups in total. The van der Waals surface area contributed by atoms with Gasteiger partial charge in [-0.15, -0.1) is 5.10 Å². The largest absolute Gasteiger partial charge is 0.338 e. The lowest BCUT2D eigenvalue weighted by atomic mass is 9.91. The number of aromatic nitrogens is 3. The highest BCUT2D eigenvalue weighted by Crippen LogP contribution is 2.29. The van der Waals surface area contributed by atoms with Crippen LogP contribution in [0.15, 0.2) is 47.4 Å². The molecular formula is C26H33N5O3S. The zero-order valence-electron chi connectivity index (χ0n) is 20.6. The predicted molar refractivity (Wildman–Crippen MR) is 135 cm³/mol. The maximum Gasteiger partial charge on any atom is 0.253 e. The van der Waals surface area contributed by atoms with E-state index in [-0.39, 0.29) is 16.8 Å². The number of sulfonamides is 1. The van der Waals surface area contributed by atoms with Gasteiger partial charge in [0.1, 0.15) is 5.52 Å². The molecule has 2 fully saturated rings. The summed E-state index contributed by atoms with van der Waals surface area (Å²) in [5, 5.41) is 8.63. The summed E-state index contributed by atoms with van der Waals surface area (Å²) in [6, 6.07) is 12.6. The highest BCUT2D eigenvalue weighted by Gasteiger charge is 2.32. The number of benzene rings is 2. The molecule has 8 nitrogen and oxygen atoms in total. The van der Waals surface area contributed by atoms with E-state index in [0.29, 0.717) is 43.3 Å². The van der Waals surface area contributed by atoms with Gasteiger partial charge in [0, 0.05) is 31.7 Å². The molecule has 5 rings (SSSR count). The summed E-state index contributed by atoms with van der Waals surface area (Å²) in [6.45, 7) is 8.70. The molecule has 0 unspecified atom stereocenters. The van der Waals surface area contributed by atoms with Gasteiger partial charge in [0.05, 0.1) is 16.5 Å². The predicted octanol–water partition coefficient (Wildman–Crippen LogP) is 3.88. The lowest BCUT2D eigenvalue weighted by molar-refractivity contribution is 0.0623. The van der Waals surface area contributed by atoms with E-state index in [4.69, 9.17) is 0 Å². The van der Waals surface area contributed by atoms with Crippen molar-refractivity contribution in [2.24, 2.45) is 11.8 Å². The van der Waals surface area contributed by atoms with Crippen LogP contribution in [-0.2, 0) is 10.0 Å². The first-order chi connectivity index (χ1) is 16.7. The van der Waals surface area contributed by atoms with Crippen LogP contribution in [0.25, 0.3) is 11.0 Å². The third-order valence-electron chi connectivity index (χ3n) is 7.29. The van der Waals surface area contributed by atoms with E-state index in [0.717, 1.165) is 36.1 Å². The van der Waals surface area contributed by atoms with Gasteiger partial charge in [0.2, 0.25) is 10.0 Å². The van der Waals surface area contributed by atoms with Gasteiger partial charge in [-0.3, -0.25) is 4.79 Å². The number of aryl methyl sites for hydroxylation is 1. The van der Waals surface area contributed by atoms with E-state index in [9.17, 15) is 13.2 Å². The molecule has 0 radical (unpaired) electrons. The maximum absolute atomic E-state index is 13.3. The van der Waals surface area contributed by atoms with Gasteiger partial charge in [-0.05, 0) is 80.0 Å². The molecule has 1 aromatic heterocycles. The van der Waals surface area contributed by atoms with E-state index in [1.165, 1.54) is 4.31 Å². The topological polar surface area (TPSA) is 88.4 Å². The minimum atomic E-state index is -3.62. The van der Waals surface area contributed by atoms with Crippen LogP contribution in [0.2, 0.25) is 0 Å². The molecule has 2 atom stereocenters. The van der Waals surface area contributed by atoms with Crippen LogP contribution in [0.3, 0.4) is 0 Å². The fraction of sp³-hybridized carbons (Fsp3) is 0.500. The Kier molecular flexibility index (Phi) is 6.40. The third kappa shape index (κ3) is 4.71. The summed E-state index contributed by atoms with van der Waals surface area (Å²) in [4.78, 5) is 15.1. The van der Waals surface area contributed by atoms with E-state index in [1.807, 2.05) is 34.7 Å². The van der Waals surface area contributed by atoms with Crippen molar-refractivity contribution in [3.63, 3.8) is 0 Å². The van der Waals surface area contributed by atoms with Gasteiger partial charge in [-0.2, -0.15) is 4.31 Å². The summed E-state index contributed by atoms with van der Waals surface area (Å²) < 4.78 is 30.1. The normalized spacial score (nSPS) is 22.5. The summed E-state index contributed by atoms with van der Waals surface area (Å²) in [5.41, 5.74) is 3.52. The number of amides is 1. The highest BCUT2D eigenvalue weighted by molar-refractivity contribution is 7.89. The molecule has 2 saturated heterocycles. The molecule has 9 heteroatoms. The second-order valence-corrected chi connectivity index (χ2v) is 12.3. The number of fused-ring (bicyclic) bond motifs is 1. The van der Waals surface area contributed by atoms with Crippen LogP contribution in [0.1, 0.15) is 55.1 Å². The Morgan fingerprint density at radius 3 is 2.29 bits per heavy atom. The van der Waals surface area contributed by atoms with E-state index in [1.54, 1.807) is 24.3 Å². The maximum atomic E-state index is 13.3. The van der Waals surface area contributed by atoms with Crippen LogP contribution in [-0.4, -0.2) is 64.7 Å². The lowest BCUT2D eigenvalue weighted by Gasteiger charge is -2.35. The summed E-state index contributed by atoms with van der Waals surface area (Å²) in [5.74, 6) is 0.929. The van der Waals surface area contributed by atoms with Crippen LogP contribution in [0, 0.1) is 18.8 Å². The SMILES string of the molecule is Cc1ccc2c(c1)nnn2C1CCN(S(=O)(=O)c2ccc(C(=O)N3C[C@H](C)C[C@@H](C)C3)cc2)CC1. The van der Waals surface area contributed by atoms with Crippen LogP contribution in [0.5, 0.6) is 0 Å². The molecule has 0 bridgehead atoms. The first kappa shape index (κ1) is 23.9. The number of carbonyl (C=O) groups excluding carboxylic acids is 1. The van der Waals surface area contributed by atoms with E-state index in [2.05, 4.69) is 24.2 Å². The van der Waals surface area contributed by atoms with Gasteiger partial charge in [0.25, 0.3) is 5.91 Å². The van der Waals surface area contributed by atoms with Crippen molar-refractivity contribution in [2.75, 3.05) is 26.2 Å².